The molecule has 2 atom stereocenters. The van der Waals surface area contributed by atoms with E-state index in [4.69, 9.17) is 18.9 Å². The number of aromatic hydroxyl groups is 1. The van der Waals surface area contributed by atoms with E-state index in [1.807, 2.05) is 0 Å². The van der Waals surface area contributed by atoms with E-state index >= 15 is 0 Å². The third-order valence-electron chi connectivity index (χ3n) is 4.47. The van der Waals surface area contributed by atoms with E-state index in [2.05, 4.69) is 0 Å². The lowest BCUT2D eigenvalue weighted by Gasteiger charge is -2.20. The summed E-state index contributed by atoms with van der Waals surface area (Å²) < 4.78 is 21.9. The van der Waals surface area contributed by atoms with Gasteiger partial charge in [0.2, 0.25) is 0 Å². The Bertz CT molecular complexity index is 875. The predicted octanol–water partition coefficient (Wildman–Crippen LogP) is 3.00. The van der Waals surface area contributed by atoms with Crippen molar-refractivity contribution in [2.24, 2.45) is 0 Å². The van der Waals surface area contributed by atoms with Crippen molar-refractivity contribution in [3.63, 3.8) is 0 Å². The van der Waals surface area contributed by atoms with Gasteiger partial charge in [-0.05, 0) is 29.8 Å². The molecule has 0 amide bonds. The number of rotatable bonds is 6. The number of phenols is 1. The third kappa shape index (κ3) is 3.53. The van der Waals surface area contributed by atoms with E-state index < -0.39 is 12.1 Å². The Labute approximate surface area is 156 Å². The smallest absolute Gasteiger partial charge is 0.302 e. The van der Waals surface area contributed by atoms with Gasteiger partial charge >= 0.3 is 5.97 Å². The molecule has 2 aromatic carbocycles. The van der Waals surface area contributed by atoms with Crippen LogP contribution in [0.3, 0.4) is 0 Å². The molecule has 1 aliphatic rings. The van der Waals surface area contributed by atoms with Gasteiger partial charge in [0, 0.05) is 18.1 Å². The lowest BCUT2D eigenvalue weighted by atomic mass is 9.90. The van der Waals surface area contributed by atoms with Gasteiger partial charge in [0.05, 0.1) is 20.1 Å². The highest BCUT2D eigenvalue weighted by atomic mass is 16.5. The summed E-state index contributed by atoms with van der Waals surface area (Å²) >= 11 is 0. The topological polar surface area (TPSA) is 91.3 Å². The van der Waals surface area contributed by atoms with Gasteiger partial charge in [-0.25, -0.2) is 0 Å². The number of methoxy groups -OCH3 is 2. The molecule has 1 heterocycles. The summed E-state index contributed by atoms with van der Waals surface area (Å²) in [5.41, 5.74) is 1.88. The van der Waals surface area contributed by atoms with Crippen LogP contribution in [0.15, 0.2) is 30.3 Å². The minimum absolute atomic E-state index is 0.00844. The quantitative estimate of drug-likeness (QED) is 0.616. The molecular formula is C20H20O7. The van der Waals surface area contributed by atoms with Crippen molar-refractivity contribution in [2.75, 3.05) is 20.8 Å². The van der Waals surface area contributed by atoms with E-state index in [1.54, 1.807) is 24.3 Å². The molecule has 0 radical (unpaired) electrons. The first kappa shape index (κ1) is 18.6. The summed E-state index contributed by atoms with van der Waals surface area (Å²) in [7, 11) is 2.95. The minimum Gasteiger partial charge on any atom is -0.504 e. The van der Waals surface area contributed by atoms with Gasteiger partial charge in [-0.15, -0.1) is 0 Å². The standard InChI is InChI=1S/C20H20O7/c1-11(22)26-10-15-14-6-12(9-21)7-18(25-3)20(14)27-19(15)13-4-5-16(23)17(8-13)24-2/h4-9,15,19,23H,10H2,1-3H3/t15-,19+/m1/s1. The van der Waals surface area contributed by atoms with Crippen molar-refractivity contribution in [1.29, 1.82) is 0 Å². The van der Waals surface area contributed by atoms with E-state index in [0.717, 1.165) is 17.4 Å². The Morgan fingerprint density at radius 1 is 1.19 bits per heavy atom. The SMILES string of the molecule is COc1cc([C@@H]2Oc3c(OC)cc(C=O)cc3[C@H]2COC(C)=O)ccc1O. The van der Waals surface area contributed by atoms with Crippen molar-refractivity contribution >= 4 is 12.3 Å². The maximum atomic E-state index is 11.3. The van der Waals surface area contributed by atoms with Crippen molar-refractivity contribution in [2.45, 2.75) is 18.9 Å². The predicted molar refractivity (Wildman–Crippen MR) is 95.8 cm³/mol. The summed E-state index contributed by atoms with van der Waals surface area (Å²) in [6, 6.07) is 8.19. The molecular weight excluding hydrogens is 352 g/mol. The Balaban J connectivity index is 2.08. The Hall–Kier alpha value is -3.22. The van der Waals surface area contributed by atoms with Gasteiger partial charge < -0.3 is 24.1 Å². The first-order valence-electron chi connectivity index (χ1n) is 8.32. The van der Waals surface area contributed by atoms with Crippen LogP contribution in [0.2, 0.25) is 0 Å². The second-order valence-corrected chi connectivity index (χ2v) is 6.14. The summed E-state index contributed by atoms with van der Waals surface area (Å²) in [6.45, 7) is 1.40. The summed E-state index contributed by atoms with van der Waals surface area (Å²) in [4.78, 5) is 22.6. The van der Waals surface area contributed by atoms with Crippen LogP contribution < -0.4 is 14.2 Å². The number of aldehydes is 1. The van der Waals surface area contributed by atoms with Crippen molar-refractivity contribution in [1.82, 2.24) is 0 Å². The Morgan fingerprint density at radius 2 is 1.93 bits per heavy atom. The molecule has 7 nitrogen and oxygen atoms in total. The van der Waals surface area contributed by atoms with Gasteiger partial charge in [-0.1, -0.05) is 6.07 Å². The zero-order chi connectivity index (χ0) is 19.6. The van der Waals surface area contributed by atoms with Crippen molar-refractivity contribution < 1.29 is 33.6 Å². The second kappa shape index (κ2) is 7.57. The molecule has 0 fully saturated rings. The Morgan fingerprint density at radius 3 is 2.56 bits per heavy atom. The van der Waals surface area contributed by atoms with Gasteiger partial charge in [0.1, 0.15) is 19.0 Å². The first-order valence-corrected chi connectivity index (χ1v) is 8.32. The average molecular weight is 372 g/mol. The number of hydrogen-bond acceptors (Lipinski definition) is 7. The molecule has 2 aromatic rings. The second-order valence-electron chi connectivity index (χ2n) is 6.14. The molecule has 27 heavy (non-hydrogen) atoms. The van der Waals surface area contributed by atoms with Crippen molar-refractivity contribution in [3.8, 4) is 23.0 Å². The summed E-state index contributed by atoms with van der Waals surface area (Å²) in [6.07, 6.45) is 0.215. The van der Waals surface area contributed by atoms with Gasteiger partial charge in [-0.3, -0.25) is 9.59 Å². The molecule has 142 valence electrons. The number of fused-ring (bicyclic) bond motifs is 1. The number of ether oxygens (including phenoxy) is 4. The van der Waals surface area contributed by atoms with Gasteiger partial charge in [0.15, 0.2) is 23.0 Å². The molecule has 0 bridgehead atoms. The lowest BCUT2D eigenvalue weighted by Crippen LogP contribution is -2.17. The maximum Gasteiger partial charge on any atom is 0.302 e. The fourth-order valence-electron chi connectivity index (χ4n) is 3.20. The molecule has 3 rings (SSSR count). The van der Waals surface area contributed by atoms with Crippen LogP contribution in [-0.2, 0) is 9.53 Å². The molecule has 0 aromatic heterocycles. The van der Waals surface area contributed by atoms with Crippen LogP contribution in [0.25, 0.3) is 0 Å². The molecule has 7 heteroatoms. The molecule has 0 spiro atoms. The third-order valence-corrected chi connectivity index (χ3v) is 4.47. The largest absolute Gasteiger partial charge is 0.504 e. The van der Waals surface area contributed by atoms with Gasteiger partial charge in [0.25, 0.3) is 0 Å². The number of carbonyl (C=O) groups is 2. The fraction of sp³-hybridized carbons (Fsp3) is 0.300. The van der Waals surface area contributed by atoms with Gasteiger partial charge in [-0.2, -0.15) is 0 Å². The van der Waals surface area contributed by atoms with Crippen LogP contribution in [0.1, 0.15) is 40.4 Å². The number of hydrogen-bond donors (Lipinski definition) is 1. The summed E-state index contributed by atoms with van der Waals surface area (Å²) in [5.74, 6) is 0.469. The highest BCUT2D eigenvalue weighted by Crippen LogP contribution is 2.51. The minimum atomic E-state index is -0.510. The molecule has 1 N–H and O–H groups in total. The molecule has 0 aliphatic carbocycles. The molecule has 0 unspecified atom stereocenters. The Kier molecular flexibility index (Phi) is 5.21. The zero-order valence-corrected chi connectivity index (χ0v) is 15.2. The molecule has 1 aliphatic heterocycles. The molecule has 0 saturated carbocycles. The highest BCUT2D eigenvalue weighted by Gasteiger charge is 2.39. The monoisotopic (exact) mass is 372 g/mol. The van der Waals surface area contributed by atoms with Crippen LogP contribution in [0.4, 0.5) is 0 Å². The number of esters is 1. The van der Waals surface area contributed by atoms with E-state index in [-0.39, 0.29) is 18.3 Å². The number of phenolic OH excluding ortho intramolecular Hbond substituents is 1. The van der Waals surface area contributed by atoms with E-state index in [9.17, 15) is 14.7 Å². The maximum absolute atomic E-state index is 11.3. The number of benzene rings is 2. The normalized spacial score (nSPS) is 17.6. The summed E-state index contributed by atoms with van der Waals surface area (Å²) in [5, 5.41) is 9.85. The zero-order valence-electron chi connectivity index (χ0n) is 15.2. The van der Waals surface area contributed by atoms with Crippen LogP contribution in [0, 0.1) is 0 Å². The lowest BCUT2D eigenvalue weighted by molar-refractivity contribution is -0.141. The van der Waals surface area contributed by atoms with Crippen LogP contribution in [0.5, 0.6) is 23.0 Å². The molecule has 0 saturated heterocycles. The first-order chi connectivity index (χ1) is 13.0. The fourth-order valence-corrected chi connectivity index (χ4v) is 3.20. The van der Waals surface area contributed by atoms with Crippen LogP contribution >= 0.6 is 0 Å². The average Bonchev–Trinajstić information content (AvgIpc) is 3.04. The van der Waals surface area contributed by atoms with E-state index in [0.29, 0.717) is 22.8 Å². The van der Waals surface area contributed by atoms with Crippen LogP contribution in [-0.4, -0.2) is 38.2 Å². The number of carbonyl (C=O) groups excluding carboxylic acids is 2. The van der Waals surface area contributed by atoms with Crippen molar-refractivity contribution in [3.05, 3.63) is 47.0 Å². The highest BCUT2D eigenvalue weighted by molar-refractivity contribution is 5.78. The van der Waals surface area contributed by atoms with E-state index in [1.165, 1.54) is 27.2 Å².